The summed E-state index contributed by atoms with van der Waals surface area (Å²) in [6, 6.07) is 3.88. The molecule has 0 aliphatic rings. The third-order valence-corrected chi connectivity index (χ3v) is 3.82. The number of hydrogen-bond donors (Lipinski definition) is 2. The molecule has 0 bridgehead atoms. The van der Waals surface area contributed by atoms with E-state index in [0.717, 1.165) is 40.8 Å². The molecule has 5 heteroatoms. The van der Waals surface area contributed by atoms with Gasteiger partial charge in [-0.3, -0.25) is 0 Å². The van der Waals surface area contributed by atoms with Crippen molar-refractivity contribution in [1.82, 2.24) is 10.3 Å². The lowest BCUT2D eigenvalue weighted by Gasteiger charge is -2.09. The van der Waals surface area contributed by atoms with Gasteiger partial charge >= 0.3 is 0 Å². The fourth-order valence-electron chi connectivity index (χ4n) is 1.85. The highest BCUT2D eigenvalue weighted by Gasteiger charge is 2.08. The van der Waals surface area contributed by atoms with Crippen LogP contribution in [0.5, 0.6) is 0 Å². The van der Waals surface area contributed by atoms with E-state index in [2.05, 4.69) is 17.2 Å². The van der Waals surface area contributed by atoms with Crippen LogP contribution in [-0.4, -0.2) is 22.7 Å². The molecule has 0 aliphatic heterocycles. The molecule has 4 nitrogen and oxygen atoms in total. The van der Waals surface area contributed by atoms with Gasteiger partial charge in [-0.05, 0) is 25.5 Å². The first-order chi connectivity index (χ1) is 9.19. The summed E-state index contributed by atoms with van der Waals surface area (Å²) in [4.78, 5) is 5.50. The van der Waals surface area contributed by atoms with Crippen molar-refractivity contribution in [1.29, 1.82) is 0 Å². The van der Waals surface area contributed by atoms with Crippen LogP contribution < -0.4 is 5.32 Å². The number of aliphatic hydroxyl groups is 1. The Balaban J connectivity index is 1.84. The van der Waals surface area contributed by atoms with Crippen LogP contribution in [0.4, 0.5) is 0 Å². The number of aliphatic hydroxyl groups excluding tert-OH is 1. The Kier molecular flexibility index (Phi) is 5.13. The van der Waals surface area contributed by atoms with E-state index in [4.69, 9.17) is 4.42 Å². The van der Waals surface area contributed by atoms with Crippen LogP contribution in [0.2, 0.25) is 0 Å². The van der Waals surface area contributed by atoms with E-state index in [0.29, 0.717) is 6.54 Å². The molecule has 2 N–H and O–H groups in total. The van der Waals surface area contributed by atoms with Crippen molar-refractivity contribution in [3.05, 3.63) is 29.0 Å². The summed E-state index contributed by atoms with van der Waals surface area (Å²) in [5.41, 5.74) is 0. The van der Waals surface area contributed by atoms with Gasteiger partial charge in [-0.2, -0.15) is 0 Å². The SMILES string of the molecule is CCCC(O)CNCc1cnc(-c2ccc(C)o2)s1. The zero-order valence-electron chi connectivity index (χ0n) is 11.3. The molecule has 1 unspecified atom stereocenters. The minimum Gasteiger partial charge on any atom is -0.459 e. The quantitative estimate of drug-likeness (QED) is 0.818. The zero-order chi connectivity index (χ0) is 13.7. The van der Waals surface area contributed by atoms with Gasteiger partial charge in [-0.1, -0.05) is 13.3 Å². The van der Waals surface area contributed by atoms with Gasteiger partial charge in [0, 0.05) is 24.2 Å². The molecule has 0 amide bonds. The van der Waals surface area contributed by atoms with Crippen LogP contribution in [0.1, 0.15) is 30.4 Å². The Morgan fingerprint density at radius 3 is 3.00 bits per heavy atom. The first kappa shape index (κ1) is 14.2. The average Bonchev–Trinajstić information content (AvgIpc) is 2.98. The molecule has 0 radical (unpaired) electrons. The van der Waals surface area contributed by atoms with E-state index in [1.54, 1.807) is 11.3 Å². The molecule has 0 fully saturated rings. The smallest absolute Gasteiger partial charge is 0.162 e. The van der Waals surface area contributed by atoms with Crippen LogP contribution in [0.3, 0.4) is 0 Å². The van der Waals surface area contributed by atoms with Gasteiger partial charge in [0.25, 0.3) is 0 Å². The second-order valence-electron chi connectivity index (χ2n) is 4.62. The third-order valence-electron chi connectivity index (χ3n) is 2.81. The zero-order valence-corrected chi connectivity index (χ0v) is 12.2. The van der Waals surface area contributed by atoms with E-state index in [9.17, 15) is 5.11 Å². The molecule has 2 aromatic rings. The summed E-state index contributed by atoms with van der Waals surface area (Å²) in [5.74, 6) is 1.72. The van der Waals surface area contributed by atoms with Crippen LogP contribution in [0, 0.1) is 6.92 Å². The van der Waals surface area contributed by atoms with E-state index in [1.807, 2.05) is 25.3 Å². The second-order valence-corrected chi connectivity index (χ2v) is 5.73. The monoisotopic (exact) mass is 280 g/mol. The minimum atomic E-state index is -0.259. The van der Waals surface area contributed by atoms with Gasteiger partial charge < -0.3 is 14.8 Å². The fourth-order valence-corrected chi connectivity index (χ4v) is 2.69. The summed E-state index contributed by atoms with van der Waals surface area (Å²) >= 11 is 1.62. The summed E-state index contributed by atoms with van der Waals surface area (Å²) in [7, 11) is 0. The number of aromatic nitrogens is 1. The number of thiazole rings is 1. The fraction of sp³-hybridized carbons (Fsp3) is 0.500. The molecule has 2 aromatic heterocycles. The lowest BCUT2D eigenvalue weighted by Crippen LogP contribution is -2.25. The van der Waals surface area contributed by atoms with Gasteiger partial charge in [-0.15, -0.1) is 11.3 Å². The van der Waals surface area contributed by atoms with Crippen molar-refractivity contribution in [3.8, 4) is 10.8 Å². The van der Waals surface area contributed by atoms with Crippen molar-refractivity contribution in [2.75, 3.05) is 6.54 Å². The number of hydrogen-bond acceptors (Lipinski definition) is 5. The van der Waals surface area contributed by atoms with Crippen LogP contribution in [0.25, 0.3) is 10.8 Å². The van der Waals surface area contributed by atoms with Crippen molar-refractivity contribution in [3.63, 3.8) is 0 Å². The minimum absolute atomic E-state index is 0.259. The maximum atomic E-state index is 9.62. The van der Waals surface area contributed by atoms with Gasteiger partial charge in [-0.25, -0.2) is 4.98 Å². The van der Waals surface area contributed by atoms with Crippen LogP contribution in [0.15, 0.2) is 22.7 Å². The molecule has 0 aromatic carbocycles. The molecule has 104 valence electrons. The maximum absolute atomic E-state index is 9.62. The van der Waals surface area contributed by atoms with Gasteiger partial charge in [0.2, 0.25) is 0 Å². The number of nitrogens with zero attached hydrogens (tertiary/aromatic N) is 1. The summed E-state index contributed by atoms with van der Waals surface area (Å²) in [5, 5.41) is 13.8. The first-order valence-corrected chi connectivity index (χ1v) is 7.41. The Labute approximate surface area is 117 Å². The molecule has 19 heavy (non-hydrogen) atoms. The summed E-state index contributed by atoms with van der Waals surface area (Å²) in [6.07, 6.45) is 3.44. The largest absolute Gasteiger partial charge is 0.459 e. The number of furan rings is 1. The average molecular weight is 280 g/mol. The lowest BCUT2D eigenvalue weighted by atomic mass is 10.2. The molecule has 0 spiro atoms. The van der Waals surface area contributed by atoms with Crippen molar-refractivity contribution >= 4 is 11.3 Å². The topological polar surface area (TPSA) is 58.3 Å². The molecule has 0 aliphatic carbocycles. The van der Waals surface area contributed by atoms with Crippen molar-refractivity contribution in [2.45, 2.75) is 39.3 Å². The Morgan fingerprint density at radius 1 is 1.47 bits per heavy atom. The molecule has 0 saturated carbocycles. The normalized spacial score (nSPS) is 12.8. The molecular formula is C14H20N2O2S. The van der Waals surface area contributed by atoms with Gasteiger partial charge in [0.1, 0.15) is 5.76 Å². The van der Waals surface area contributed by atoms with E-state index in [-0.39, 0.29) is 6.10 Å². The lowest BCUT2D eigenvalue weighted by molar-refractivity contribution is 0.160. The second kappa shape index (κ2) is 6.84. The summed E-state index contributed by atoms with van der Waals surface area (Å²) in [6.45, 7) is 5.36. The van der Waals surface area contributed by atoms with E-state index < -0.39 is 0 Å². The number of aryl methyl sites for hydroxylation is 1. The Hall–Kier alpha value is -1.17. The highest BCUT2D eigenvalue weighted by molar-refractivity contribution is 7.14. The van der Waals surface area contributed by atoms with Crippen LogP contribution in [-0.2, 0) is 6.54 Å². The number of nitrogens with one attached hydrogen (secondary N) is 1. The number of rotatable bonds is 7. The van der Waals surface area contributed by atoms with Gasteiger partial charge in [0.05, 0.1) is 6.10 Å². The molecule has 1 atom stereocenters. The van der Waals surface area contributed by atoms with Crippen molar-refractivity contribution < 1.29 is 9.52 Å². The van der Waals surface area contributed by atoms with Gasteiger partial charge in [0.15, 0.2) is 10.8 Å². The van der Waals surface area contributed by atoms with E-state index >= 15 is 0 Å². The highest BCUT2D eigenvalue weighted by atomic mass is 32.1. The molecule has 2 rings (SSSR count). The molecule has 2 heterocycles. The van der Waals surface area contributed by atoms with E-state index in [1.165, 1.54) is 0 Å². The third kappa shape index (κ3) is 4.16. The predicted molar refractivity (Wildman–Crippen MR) is 77.2 cm³/mol. The predicted octanol–water partition coefficient (Wildman–Crippen LogP) is 2.96. The first-order valence-electron chi connectivity index (χ1n) is 6.59. The highest BCUT2D eigenvalue weighted by Crippen LogP contribution is 2.26. The Bertz CT molecular complexity index is 507. The Morgan fingerprint density at radius 2 is 2.32 bits per heavy atom. The molecular weight excluding hydrogens is 260 g/mol. The summed E-state index contributed by atoms with van der Waals surface area (Å²) < 4.78 is 5.55. The van der Waals surface area contributed by atoms with Crippen molar-refractivity contribution in [2.24, 2.45) is 0 Å². The standard InChI is InChI=1S/C14H20N2O2S/c1-3-4-11(17)7-15-8-12-9-16-14(19-12)13-6-5-10(2)18-13/h5-6,9,11,15,17H,3-4,7-8H2,1-2H3. The molecule has 0 saturated heterocycles. The van der Waals surface area contributed by atoms with Crippen LogP contribution >= 0.6 is 11.3 Å². The maximum Gasteiger partial charge on any atom is 0.162 e.